The number of hydrogen-bond acceptors (Lipinski definition) is 4. The Hall–Kier alpha value is -0.450. The Labute approximate surface area is 108 Å². The zero-order chi connectivity index (χ0) is 12.7. The third-order valence-corrected chi connectivity index (χ3v) is 3.79. The summed E-state index contributed by atoms with van der Waals surface area (Å²) in [5.74, 6) is 0. The molecular formula is C13H24N2OS. The smallest absolute Gasteiger partial charge is 0.0900 e. The van der Waals surface area contributed by atoms with Gasteiger partial charge in [0.2, 0.25) is 0 Å². The third-order valence-electron chi connectivity index (χ3n) is 2.88. The van der Waals surface area contributed by atoms with Gasteiger partial charge in [0.05, 0.1) is 10.7 Å². The number of hydrogen-bond donors (Lipinski definition) is 2. The Balaban J connectivity index is 2.21. The van der Waals surface area contributed by atoms with Gasteiger partial charge in [0, 0.05) is 17.5 Å². The van der Waals surface area contributed by atoms with Crippen molar-refractivity contribution in [2.24, 2.45) is 0 Å². The number of unbranched alkanes of at least 4 members (excludes halogenated alkanes) is 3. The maximum atomic E-state index is 8.67. The minimum Gasteiger partial charge on any atom is -0.396 e. The van der Waals surface area contributed by atoms with Gasteiger partial charge in [-0.2, -0.15) is 0 Å². The largest absolute Gasteiger partial charge is 0.396 e. The van der Waals surface area contributed by atoms with E-state index >= 15 is 0 Å². The molecule has 0 aliphatic rings. The zero-order valence-corrected chi connectivity index (χ0v) is 11.9. The van der Waals surface area contributed by atoms with Crippen LogP contribution in [0.4, 0.5) is 0 Å². The lowest BCUT2D eigenvalue weighted by atomic mass is 10.1. The van der Waals surface area contributed by atoms with E-state index in [2.05, 4.69) is 31.1 Å². The second-order valence-electron chi connectivity index (χ2n) is 4.49. The second kappa shape index (κ2) is 7.80. The number of rotatable bonds is 8. The molecule has 98 valence electrons. The molecule has 0 radical (unpaired) electrons. The van der Waals surface area contributed by atoms with Crippen molar-refractivity contribution in [1.82, 2.24) is 10.3 Å². The maximum Gasteiger partial charge on any atom is 0.0900 e. The molecule has 0 bridgehead atoms. The minimum atomic E-state index is 0.321. The van der Waals surface area contributed by atoms with Crippen LogP contribution in [-0.4, -0.2) is 23.2 Å². The summed E-state index contributed by atoms with van der Waals surface area (Å²) in [7, 11) is 0. The van der Waals surface area contributed by atoms with E-state index in [1.54, 1.807) is 11.3 Å². The van der Waals surface area contributed by atoms with Crippen molar-refractivity contribution in [3.8, 4) is 0 Å². The summed E-state index contributed by atoms with van der Waals surface area (Å²) in [5.41, 5.74) is 1.20. The lowest BCUT2D eigenvalue weighted by Gasteiger charge is -2.12. The van der Waals surface area contributed by atoms with Crippen molar-refractivity contribution in [2.45, 2.75) is 52.5 Å². The van der Waals surface area contributed by atoms with Crippen molar-refractivity contribution < 1.29 is 5.11 Å². The summed E-state index contributed by atoms with van der Waals surface area (Å²) in [5, 5.41) is 13.3. The van der Waals surface area contributed by atoms with Crippen LogP contribution in [0.3, 0.4) is 0 Å². The predicted octanol–water partition coefficient (Wildman–Crippen LogP) is 2.96. The van der Waals surface area contributed by atoms with Crippen molar-refractivity contribution in [3.05, 3.63) is 15.6 Å². The Bertz CT molecular complexity index is 325. The molecule has 3 nitrogen and oxygen atoms in total. The fourth-order valence-corrected chi connectivity index (χ4v) is 2.87. The number of nitrogens with zero attached hydrogens (tertiary/aromatic N) is 1. The van der Waals surface area contributed by atoms with Gasteiger partial charge in [0.1, 0.15) is 0 Å². The van der Waals surface area contributed by atoms with E-state index in [1.807, 2.05) is 0 Å². The van der Waals surface area contributed by atoms with Crippen LogP contribution in [0.15, 0.2) is 0 Å². The molecule has 1 aromatic heterocycles. The molecule has 17 heavy (non-hydrogen) atoms. The quantitative estimate of drug-likeness (QED) is 0.703. The van der Waals surface area contributed by atoms with E-state index in [0.717, 1.165) is 24.4 Å². The lowest BCUT2D eigenvalue weighted by molar-refractivity contribution is 0.282. The summed E-state index contributed by atoms with van der Waals surface area (Å²) in [4.78, 5) is 5.88. The molecule has 1 atom stereocenters. The molecule has 0 saturated carbocycles. The highest BCUT2D eigenvalue weighted by Gasteiger charge is 2.11. The number of thiazole rings is 1. The number of aliphatic hydroxyl groups is 1. The van der Waals surface area contributed by atoms with Crippen LogP contribution in [0.25, 0.3) is 0 Å². The Morgan fingerprint density at radius 1 is 1.24 bits per heavy atom. The maximum absolute atomic E-state index is 8.67. The Kier molecular flexibility index (Phi) is 6.70. The average molecular weight is 256 g/mol. The van der Waals surface area contributed by atoms with Crippen LogP contribution in [0, 0.1) is 13.8 Å². The summed E-state index contributed by atoms with van der Waals surface area (Å²) in [6.07, 6.45) is 4.42. The fourth-order valence-electron chi connectivity index (χ4n) is 1.95. The number of aliphatic hydroxyl groups excluding tert-OH is 1. The summed E-state index contributed by atoms with van der Waals surface area (Å²) < 4.78 is 0. The van der Waals surface area contributed by atoms with Gasteiger partial charge in [0.25, 0.3) is 0 Å². The third kappa shape index (κ3) is 5.15. The fraction of sp³-hybridized carbons (Fsp3) is 0.769. The van der Waals surface area contributed by atoms with Crippen LogP contribution in [0.2, 0.25) is 0 Å². The van der Waals surface area contributed by atoms with Gasteiger partial charge in [-0.05, 0) is 40.2 Å². The van der Waals surface area contributed by atoms with Crippen molar-refractivity contribution in [3.63, 3.8) is 0 Å². The lowest BCUT2D eigenvalue weighted by Crippen LogP contribution is -2.20. The molecule has 1 unspecified atom stereocenters. The predicted molar refractivity (Wildman–Crippen MR) is 73.6 cm³/mol. The molecule has 0 amide bonds. The van der Waals surface area contributed by atoms with Crippen molar-refractivity contribution in [1.29, 1.82) is 0 Å². The van der Waals surface area contributed by atoms with E-state index in [1.165, 1.54) is 23.4 Å². The molecular weight excluding hydrogens is 232 g/mol. The molecule has 0 aromatic carbocycles. The summed E-state index contributed by atoms with van der Waals surface area (Å²) in [6, 6.07) is 0.345. The van der Waals surface area contributed by atoms with Crippen LogP contribution in [0.5, 0.6) is 0 Å². The van der Waals surface area contributed by atoms with Gasteiger partial charge in [-0.3, -0.25) is 0 Å². The van der Waals surface area contributed by atoms with Gasteiger partial charge in [-0.1, -0.05) is 12.8 Å². The Morgan fingerprint density at radius 2 is 1.94 bits per heavy atom. The van der Waals surface area contributed by atoms with E-state index in [4.69, 9.17) is 5.11 Å². The van der Waals surface area contributed by atoms with Gasteiger partial charge in [0.15, 0.2) is 0 Å². The number of nitrogens with one attached hydrogen (secondary N) is 1. The van der Waals surface area contributed by atoms with Crippen LogP contribution < -0.4 is 5.32 Å². The van der Waals surface area contributed by atoms with Gasteiger partial charge < -0.3 is 10.4 Å². The topological polar surface area (TPSA) is 45.2 Å². The van der Waals surface area contributed by atoms with E-state index in [-0.39, 0.29) is 0 Å². The van der Waals surface area contributed by atoms with E-state index in [9.17, 15) is 0 Å². The first kappa shape index (κ1) is 14.6. The average Bonchev–Trinajstić information content (AvgIpc) is 2.62. The highest BCUT2D eigenvalue weighted by molar-refractivity contribution is 7.11. The molecule has 0 aliphatic carbocycles. The molecule has 0 fully saturated rings. The molecule has 1 heterocycles. The molecule has 0 aliphatic heterocycles. The highest BCUT2D eigenvalue weighted by atomic mass is 32.1. The monoisotopic (exact) mass is 256 g/mol. The first-order valence-corrected chi connectivity index (χ1v) is 7.25. The first-order valence-electron chi connectivity index (χ1n) is 6.43. The second-order valence-corrected chi connectivity index (χ2v) is 5.90. The minimum absolute atomic E-state index is 0.321. The SMILES string of the molecule is Cc1nc(C(C)NCCCCCCO)c(C)s1. The zero-order valence-electron chi connectivity index (χ0n) is 11.1. The summed E-state index contributed by atoms with van der Waals surface area (Å²) >= 11 is 1.77. The normalized spacial score (nSPS) is 12.9. The van der Waals surface area contributed by atoms with Crippen LogP contribution in [0.1, 0.15) is 54.2 Å². The number of aromatic nitrogens is 1. The van der Waals surface area contributed by atoms with Crippen molar-refractivity contribution >= 4 is 11.3 Å². The van der Waals surface area contributed by atoms with E-state index in [0.29, 0.717) is 12.6 Å². The standard InChI is InChI=1S/C13H24N2OS/c1-10(13-11(2)17-12(3)15-13)14-8-6-4-5-7-9-16/h10,14,16H,4-9H2,1-3H3. The molecule has 1 aromatic rings. The first-order chi connectivity index (χ1) is 8.15. The van der Waals surface area contributed by atoms with Crippen LogP contribution >= 0.6 is 11.3 Å². The molecule has 0 saturated heterocycles. The molecule has 1 rings (SSSR count). The molecule has 4 heteroatoms. The van der Waals surface area contributed by atoms with Gasteiger partial charge >= 0.3 is 0 Å². The number of aryl methyl sites for hydroxylation is 2. The van der Waals surface area contributed by atoms with Gasteiger partial charge in [-0.25, -0.2) is 4.98 Å². The van der Waals surface area contributed by atoms with Gasteiger partial charge in [-0.15, -0.1) is 11.3 Å². The Morgan fingerprint density at radius 3 is 2.53 bits per heavy atom. The summed E-state index contributed by atoms with van der Waals surface area (Å²) in [6.45, 7) is 7.72. The molecule has 0 spiro atoms. The highest BCUT2D eigenvalue weighted by Crippen LogP contribution is 2.22. The molecule has 2 N–H and O–H groups in total. The van der Waals surface area contributed by atoms with Crippen molar-refractivity contribution in [2.75, 3.05) is 13.2 Å². The van der Waals surface area contributed by atoms with Crippen LogP contribution in [-0.2, 0) is 0 Å². The van der Waals surface area contributed by atoms with E-state index < -0.39 is 0 Å².